The minimum absolute atomic E-state index is 0.141. The first kappa shape index (κ1) is 13.7. The van der Waals surface area contributed by atoms with Crippen molar-refractivity contribution >= 4 is 22.8 Å². The highest BCUT2D eigenvalue weighted by Gasteiger charge is 2.10. The highest BCUT2D eigenvalue weighted by Crippen LogP contribution is 2.07. The smallest absolute Gasteiger partial charge is 0.321 e. The Kier molecular flexibility index (Phi) is 4.09. The summed E-state index contributed by atoms with van der Waals surface area (Å²) < 4.78 is 1.38. The fourth-order valence-electron chi connectivity index (χ4n) is 1.79. The van der Waals surface area contributed by atoms with Crippen LogP contribution in [0.25, 0.3) is 10.9 Å². The molecular weight excluding hydrogens is 260 g/mol. The number of benzene rings is 1. The zero-order valence-electron chi connectivity index (χ0n) is 10.9. The van der Waals surface area contributed by atoms with E-state index in [2.05, 4.69) is 15.7 Å². The third kappa shape index (κ3) is 3.00. The SMILES string of the molecule is CCNC(=O)NC(=O)Cn1ncc(=O)c2ccccc21. The van der Waals surface area contributed by atoms with Gasteiger partial charge in [0.05, 0.1) is 11.7 Å². The van der Waals surface area contributed by atoms with Crippen LogP contribution in [0.5, 0.6) is 0 Å². The van der Waals surface area contributed by atoms with Crippen LogP contribution in [0.15, 0.2) is 35.3 Å². The molecular formula is C13H14N4O3. The van der Waals surface area contributed by atoms with Gasteiger partial charge in [0.2, 0.25) is 11.3 Å². The molecule has 1 aromatic carbocycles. The Labute approximate surface area is 114 Å². The molecule has 0 radical (unpaired) electrons. The molecule has 3 amide bonds. The van der Waals surface area contributed by atoms with Gasteiger partial charge in [-0.05, 0) is 19.1 Å². The van der Waals surface area contributed by atoms with Crippen LogP contribution in [0.1, 0.15) is 6.92 Å². The van der Waals surface area contributed by atoms with E-state index in [4.69, 9.17) is 0 Å². The lowest BCUT2D eigenvalue weighted by molar-refractivity contribution is -0.120. The molecule has 7 heteroatoms. The third-order valence-electron chi connectivity index (χ3n) is 2.65. The van der Waals surface area contributed by atoms with E-state index in [1.165, 1.54) is 4.68 Å². The molecule has 104 valence electrons. The molecule has 0 unspecified atom stereocenters. The number of nitrogens with one attached hydrogen (secondary N) is 2. The van der Waals surface area contributed by atoms with Gasteiger partial charge in [0.1, 0.15) is 6.54 Å². The van der Waals surface area contributed by atoms with Crippen molar-refractivity contribution in [3.05, 3.63) is 40.7 Å². The largest absolute Gasteiger partial charge is 0.338 e. The molecule has 20 heavy (non-hydrogen) atoms. The lowest BCUT2D eigenvalue weighted by Gasteiger charge is -2.09. The molecule has 2 rings (SSSR count). The first-order chi connectivity index (χ1) is 9.61. The summed E-state index contributed by atoms with van der Waals surface area (Å²) in [4.78, 5) is 34.6. The van der Waals surface area contributed by atoms with Crippen LogP contribution in [0.3, 0.4) is 0 Å². The minimum atomic E-state index is -0.553. The molecule has 0 bridgehead atoms. The number of imide groups is 1. The van der Waals surface area contributed by atoms with Crippen molar-refractivity contribution in [1.29, 1.82) is 0 Å². The van der Waals surface area contributed by atoms with E-state index >= 15 is 0 Å². The molecule has 0 spiro atoms. The standard InChI is InChI=1S/C13H14N4O3/c1-2-14-13(20)16-12(19)8-17-10-6-4-3-5-9(10)11(18)7-15-17/h3-7H,2,8H2,1H3,(H2,14,16,19,20). The van der Waals surface area contributed by atoms with Crippen molar-refractivity contribution in [1.82, 2.24) is 20.4 Å². The van der Waals surface area contributed by atoms with Crippen LogP contribution in [0, 0.1) is 0 Å². The Hall–Kier alpha value is -2.70. The number of amides is 3. The van der Waals surface area contributed by atoms with Gasteiger partial charge in [0.15, 0.2) is 0 Å². The number of hydrogen-bond donors (Lipinski definition) is 2. The normalized spacial score (nSPS) is 10.2. The van der Waals surface area contributed by atoms with Crippen LogP contribution in [-0.4, -0.2) is 28.3 Å². The molecule has 0 saturated carbocycles. The van der Waals surface area contributed by atoms with E-state index in [0.717, 1.165) is 6.20 Å². The Morgan fingerprint density at radius 3 is 2.80 bits per heavy atom. The van der Waals surface area contributed by atoms with Crippen LogP contribution in [-0.2, 0) is 11.3 Å². The number of para-hydroxylation sites is 1. The maximum atomic E-state index is 11.7. The summed E-state index contributed by atoms with van der Waals surface area (Å²) in [7, 11) is 0. The molecule has 0 aliphatic carbocycles. The van der Waals surface area contributed by atoms with Crippen LogP contribution < -0.4 is 16.1 Å². The zero-order chi connectivity index (χ0) is 14.5. The fourth-order valence-corrected chi connectivity index (χ4v) is 1.79. The summed E-state index contributed by atoms with van der Waals surface area (Å²) in [5.41, 5.74) is 0.340. The predicted octanol–water partition coefficient (Wildman–Crippen LogP) is 0.242. The maximum absolute atomic E-state index is 11.7. The number of fused-ring (bicyclic) bond motifs is 1. The Bertz CT molecular complexity index is 708. The Morgan fingerprint density at radius 2 is 2.05 bits per heavy atom. The third-order valence-corrected chi connectivity index (χ3v) is 2.65. The second kappa shape index (κ2) is 5.96. The molecule has 0 aliphatic rings. The van der Waals surface area contributed by atoms with Crippen LogP contribution in [0.2, 0.25) is 0 Å². The van der Waals surface area contributed by atoms with Crippen molar-refractivity contribution in [3.63, 3.8) is 0 Å². The van der Waals surface area contributed by atoms with E-state index in [0.29, 0.717) is 17.4 Å². The molecule has 0 fully saturated rings. The molecule has 2 aromatic rings. The molecule has 0 aliphatic heterocycles. The van der Waals surface area contributed by atoms with Gasteiger partial charge in [-0.25, -0.2) is 4.79 Å². The minimum Gasteiger partial charge on any atom is -0.338 e. The lowest BCUT2D eigenvalue weighted by Crippen LogP contribution is -2.41. The number of aromatic nitrogens is 2. The number of carbonyl (C=O) groups is 2. The first-order valence-corrected chi connectivity index (χ1v) is 6.14. The van der Waals surface area contributed by atoms with Gasteiger partial charge < -0.3 is 5.32 Å². The number of carbonyl (C=O) groups excluding carboxylic acids is 2. The monoisotopic (exact) mass is 274 g/mol. The Balaban J connectivity index is 2.22. The Morgan fingerprint density at radius 1 is 1.30 bits per heavy atom. The van der Waals surface area contributed by atoms with E-state index in [9.17, 15) is 14.4 Å². The summed E-state index contributed by atoms with van der Waals surface area (Å²) in [6.07, 6.45) is 1.15. The van der Waals surface area contributed by atoms with Crippen molar-refractivity contribution in [2.45, 2.75) is 13.5 Å². The second-order valence-corrected chi connectivity index (χ2v) is 4.09. The molecule has 1 aromatic heterocycles. The zero-order valence-corrected chi connectivity index (χ0v) is 10.9. The number of nitrogens with zero attached hydrogens (tertiary/aromatic N) is 2. The predicted molar refractivity (Wildman–Crippen MR) is 73.2 cm³/mol. The lowest BCUT2D eigenvalue weighted by atomic mass is 10.2. The molecule has 0 atom stereocenters. The highest BCUT2D eigenvalue weighted by molar-refractivity contribution is 5.94. The number of hydrogen-bond acceptors (Lipinski definition) is 4. The van der Waals surface area contributed by atoms with E-state index in [-0.39, 0.29) is 12.0 Å². The van der Waals surface area contributed by atoms with Gasteiger partial charge in [-0.2, -0.15) is 5.10 Å². The van der Waals surface area contributed by atoms with Gasteiger partial charge >= 0.3 is 6.03 Å². The fraction of sp³-hybridized carbons (Fsp3) is 0.231. The highest BCUT2D eigenvalue weighted by atomic mass is 16.2. The van der Waals surface area contributed by atoms with Gasteiger partial charge in [-0.3, -0.25) is 19.6 Å². The summed E-state index contributed by atoms with van der Waals surface area (Å²) in [5, 5.41) is 9.03. The topological polar surface area (TPSA) is 93.1 Å². The van der Waals surface area contributed by atoms with E-state index < -0.39 is 11.9 Å². The molecule has 1 heterocycles. The van der Waals surface area contributed by atoms with Crippen molar-refractivity contribution < 1.29 is 9.59 Å². The van der Waals surface area contributed by atoms with Crippen LogP contribution >= 0.6 is 0 Å². The van der Waals surface area contributed by atoms with E-state index in [1.807, 2.05) is 0 Å². The number of rotatable bonds is 3. The summed E-state index contributed by atoms with van der Waals surface area (Å²) in [5.74, 6) is -0.503. The van der Waals surface area contributed by atoms with E-state index in [1.54, 1.807) is 31.2 Å². The summed E-state index contributed by atoms with van der Waals surface area (Å²) in [6.45, 7) is 2.04. The maximum Gasteiger partial charge on any atom is 0.321 e. The molecule has 7 nitrogen and oxygen atoms in total. The van der Waals surface area contributed by atoms with Crippen molar-refractivity contribution in [2.75, 3.05) is 6.54 Å². The van der Waals surface area contributed by atoms with Crippen molar-refractivity contribution in [3.8, 4) is 0 Å². The molecule has 2 N–H and O–H groups in total. The van der Waals surface area contributed by atoms with Gasteiger partial charge in [0.25, 0.3) is 0 Å². The van der Waals surface area contributed by atoms with Crippen molar-refractivity contribution in [2.24, 2.45) is 0 Å². The second-order valence-electron chi connectivity index (χ2n) is 4.09. The molecule has 0 saturated heterocycles. The summed E-state index contributed by atoms with van der Waals surface area (Å²) >= 11 is 0. The van der Waals surface area contributed by atoms with Gasteiger partial charge in [-0.15, -0.1) is 0 Å². The van der Waals surface area contributed by atoms with Gasteiger partial charge in [0, 0.05) is 11.9 Å². The first-order valence-electron chi connectivity index (χ1n) is 6.14. The number of urea groups is 1. The average Bonchev–Trinajstić information content (AvgIpc) is 2.42. The van der Waals surface area contributed by atoms with Crippen LogP contribution in [0.4, 0.5) is 4.79 Å². The summed E-state index contributed by atoms with van der Waals surface area (Å²) in [6, 6.07) is 6.30. The average molecular weight is 274 g/mol. The quantitative estimate of drug-likeness (QED) is 0.838. The van der Waals surface area contributed by atoms with Gasteiger partial charge in [-0.1, -0.05) is 12.1 Å².